The van der Waals surface area contributed by atoms with Gasteiger partial charge in [0, 0.05) is 25.0 Å². The van der Waals surface area contributed by atoms with Crippen LogP contribution in [-0.2, 0) is 0 Å². The van der Waals surface area contributed by atoms with Gasteiger partial charge in [-0.05, 0) is 6.92 Å². The third-order valence-electron chi connectivity index (χ3n) is 2.06. The molecule has 2 rings (SSSR count). The van der Waals surface area contributed by atoms with Gasteiger partial charge in [-0.3, -0.25) is 14.5 Å². The van der Waals surface area contributed by atoms with Gasteiger partial charge in [-0.1, -0.05) is 0 Å². The summed E-state index contributed by atoms with van der Waals surface area (Å²) in [5.41, 5.74) is 5.77. The molecule has 0 bridgehead atoms. The lowest BCUT2D eigenvalue weighted by Crippen LogP contribution is -2.39. The molecule has 0 saturated heterocycles. The molecule has 1 atom stereocenters. The van der Waals surface area contributed by atoms with Crippen LogP contribution in [0.15, 0.2) is 12.4 Å². The van der Waals surface area contributed by atoms with Crippen LogP contribution in [0.3, 0.4) is 0 Å². The summed E-state index contributed by atoms with van der Waals surface area (Å²) < 4.78 is 0. The van der Waals surface area contributed by atoms with Crippen LogP contribution >= 0.6 is 0 Å². The number of aromatic nitrogens is 2. The van der Waals surface area contributed by atoms with Gasteiger partial charge in [-0.25, -0.2) is 9.97 Å². The number of amides is 2. The van der Waals surface area contributed by atoms with Crippen molar-refractivity contribution < 1.29 is 9.59 Å². The monoisotopic (exact) mass is 206 g/mol. The van der Waals surface area contributed by atoms with E-state index in [0.29, 0.717) is 0 Å². The number of fused-ring (bicyclic) bond motifs is 1. The van der Waals surface area contributed by atoms with Crippen LogP contribution in [0.2, 0.25) is 0 Å². The molecule has 1 aliphatic heterocycles. The minimum atomic E-state index is -0.416. The van der Waals surface area contributed by atoms with Gasteiger partial charge in [0.15, 0.2) is 11.4 Å². The molecule has 1 aromatic heterocycles. The van der Waals surface area contributed by atoms with E-state index < -0.39 is 11.8 Å². The van der Waals surface area contributed by atoms with Gasteiger partial charge in [-0.15, -0.1) is 0 Å². The Kier molecular flexibility index (Phi) is 2.20. The van der Waals surface area contributed by atoms with E-state index in [1.165, 1.54) is 12.4 Å². The van der Waals surface area contributed by atoms with Crippen molar-refractivity contribution in [2.45, 2.75) is 13.0 Å². The summed E-state index contributed by atoms with van der Waals surface area (Å²) in [7, 11) is 0. The molecule has 0 aliphatic carbocycles. The van der Waals surface area contributed by atoms with Crippen molar-refractivity contribution in [1.82, 2.24) is 14.9 Å². The quantitative estimate of drug-likeness (QED) is 0.654. The first-order chi connectivity index (χ1) is 7.11. The highest BCUT2D eigenvalue weighted by Crippen LogP contribution is 2.17. The van der Waals surface area contributed by atoms with Crippen LogP contribution in [0.1, 0.15) is 27.9 Å². The third kappa shape index (κ3) is 1.48. The van der Waals surface area contributed by atoms with Crippen molar-refractivity contribution in [1.29, 1.82) is 0 Å². The maximum atomic E-state index is 11.7. The Bertz CT molecular complexity index is 395. The van der Waals surface area contributed by atoms with Crippen LogP contribution in [0, 0.1) is 0 Å². The molecule has 0 spiro atoms. The summed E-state index contributed by atoms with van der Waals surface area (Å²) >= 11 is 0. The van der Waals surface area contributed by atoms with Gasteiger partial charge in [0.25, 0.3) is 11.8 Å². The Balaban J connectivity index is 2.37. The second-order valence-electron chi connectivity index (χ2n) is 3.45. The smallest absolute Gasteiger partial charge is 0.281 e. The van der Waals surface area contributed by atoms with E-state index in [0.717, 1.165) is 4.90 Å². The molecular formula is C9H10N4O2. The molecule has 2 amide bonds. The maximum Gasteiger partial charge on any atom is 0.281 e. The van der Waals surface area contributed by atoms with Gasteiger partial charge in [0.2, 0.25) is 0 Å². The van der Waals surface area contributed by atoms with Crippen molar-refractivity contribution in [3.63, 3.8) is 0 Å². The van der Waals surface area contributed by atoms with Crippen molar-refractivity contribution in [3.8, 4) is 0 Å². The van der Waals surface area contributed by atoms with E-state index in [4.69, 9.17) is 5.73 Å². The first-order valence-corrected chi connectivity index (χ1v) is 4.54. The van der Waals surface area contributed by atoms with Gasteiger partial charge in [0.05, 0.1) is 0 Å². The van der Waals surface area contributed by atoms with E-state index in [-0.39, 0.29) is 24.0 Å². The normalized spacial score (nSPS) is 16.8. The minimum Gasteiger partial charge on any atom is -0.326 e. The molecule has 0 aromatic carbocycles. The molecule has 15 heavy (non-hydrogen) atoms. The van der Waals surface area contributed by atoms with Crippen molar-refractivity contribution >= 4 is 11.8 Å². The zero-order valence-corrected chi connectivity index (χ0v) is 8.17. The number of hydrogen-bond acceptors (Lipinski definition) is 5. The van der Waals surface area contributed by atoms with Crippen LogP contribution in [0.25, 0.3) is 0 Å². The summed E-state index contributed by atoms with van der Waals surface area (Å²) in [6.45, 7) is 1.92. The number of imide groups is 1. The summed E-state index contributed by atoms with van der Waals surface area (Å²) in [5.74, 6) is -0.833. The van der Waals surface area contributed by atoms with Gasteiger partial charge in [0.1, 0.15) is 0 Å². The predicted octanol–water partition coefficient (Wildman–Crippen LogP) is -0.580. The summed E-state index contributed by atoms with van der Waals surface area (Å²) in [6, 6.07) is -0.257. The number of nitrogens with zero attached hydrogens (tertiary/aromatic N) is 3. The molecule has 2 N–H and O–H groups in total. The highest BCUT2D eigenvalue weighted by atomic mass is 16.2. The fourth-order valence-corrected chi connectivity index (χ4v) is 1.45. The standard InChI is InChI=1S/C9H10N4O2/c1-5(10)4-13-8(14)6-7(9(13)15)12-3-2-11-6/h2-3,5H,4,10H2,1H3. The van der Waals surface area contributed by atoms with Gasteiger partial charge >= 0.3 is 0 Å². The number of rotatable bonds is 2. The number of hydrogen-bond donors (Lipinski definition) is 1. The molecule has 0 saturated carbocycles. The van der Waals surface area contributed by atoms with Crippen molar-refractivity contribution in [3.05, 3.63) is 23.8 Å². The molecule has 1 unspecified atom stereocenters. The van der Waals surface area contributed by atoms with E-state index in [9.17, 15) is 9.59 Å². The van der Waals surface area contributed by atoms with Crippen LogP contribution in [0.4, 0.5) is 0 Å². The Hall–Kier alpha value is -1.82. The van der Waals surface area contributed by atoms with E-state index in [1.807, 2.05) is 0 Å². The highest BCUT2D eigenvalue weighted by molar-refractivity contribution is 6.19. The first kappa shape index (κ1) is 9.72. The zero-order valence-electron chi connectivity index (χ0n) is 8.17. The topological polar surface area (TPSA) is 89.2 Å². The molecule has 1 aromatic rings. The van der Waals surface area contributed by atoms with Crippen molar-refractivity contribution in [2.75, 3.05) is 6.54 Å². The van der Waals surface area contributed by atoms with E-state index in [2.05, 4.69) is 9.97 Å². The maximum absolute atomic E-state index is 11.7. The fourth-order valence-electron chi connectivity index (χ4n) is 1.45. The Morgan fingerprint density at radius 2 is 1.73 bits per heavy atom. The van der Waals surface area contributed by atoms with E-state index in [1.54, 1.807) is 6.92 Å². The average Bonchev–Trinajstić information content (AvgIpc) is 2.44. The zero-order chi connectivity index (χ0) is 11.0. The van der Waals surface area contributed by atoms with Crippen LogP contribution in [-0.4, -0.2) is 39.3 Å². The lowest BCUT2D eigenvalue weighted by atomic mass is 10.3. The largest absolute Gasteiger partial charge is 0.326 e. The molecule has 2 heterocycles. The SMILES string of the molecule is CC(N)CN1C(=O)c2nccnc2C1=O. The number of nitrogens with two attached hydrogens (primary N) is 1. The average molecular weight is 206 g/mol. The molecule has 78 valence electrons. The second kappa shape index (κ2) is 3.39. The summed E-state index contributed by atoms with van der Waals surface area (Å²) in [5, 5.41) is 0. The summed E-state index contributed by atoms with van der Waals surface area (Å²) in [4.78, 5) is 32.1. The molecule has 6 nitrogen and oxygen atoms in total. The summed E-state index contributed by atoms with van der Waals surface area (Å²) in [6.07, 6.45) is 2.78. The lowest BCUT2D eigenvalue weighted by molar-refractivity contribution is 0.0643. The number of carbonyl (C=O) groups excluding carboxylic acids is 2. The molecule has 0 fully saturated rings. The second-order valence-corrected chi connectivity index (χ2v) is 3.45. The van der Waals surface area contributed by atoms with Crippen LogP contribution < -0.4 is 5.73 Å². The fraction of sp³-hybridized carbons (Fsp3) is 0.333. The molecule has 1 aliphatic rings. The Morgan fingerprint density at radius 1 is 1.27 bits per heavy atom. The highest BCUT2D eigenvalue weighted by Gasteiger charge is 2.38. The Labute approximate surface area is 86.1 Å². The number of carbonyl (C=O) groups is 2. The molecule has 6 heteroatoms. The Morgan fingerprint density at radius 3 is 2.13 bits per heavy atom. The van der Waals surface area contributed by atoms with Gasteiger partial charge < -0.3 is 5.73 Å². The predicted molar refractivity (Wildman–Crippen MR) is 51.0 cm³/mol. The molecular weight excluding hydrogens is 196 g/mol. The van der Waals surface area contributed by atoms with Crippen molar-refractivity contribution in [2.24, 2.45) is 5.73 Å². The van der Waals surface area contributed by atoms with E-state index >= 15 is 0 Å². The first-order valence-electron chi connectivity index (χ1n) is 4.54. The third-order valence-corrected chi connectivity index (χ3v) is 2.06. The lowest BCUT2D eigenvalue weighted by Gasteiger charge is -2.15. The van der Waals surface area contributed by atoms with Gasteiger partial charge in [-0.2, -0.15) is 0 Å². The molecule has 0 radical (unpaired) electrons. The van der Waals surface area contributed by atoms with Crippen LogP contribution in [0.5, 0.6) is 0 Å². The minimum absolute atomic E-state index is 0.114.